The number of carbonyl (C=O) groups is 1. The molecule has 43 heavy (non-hydrogen) atoms. The Hall–Kier alpha value is -1.01. The number of piperidine rings is 1. The monoisotopic (exact) mass is 639 g/mol. The molecule has 5 saturated carbocycles. The highest BCUT2D eigenvalue weighted by Gasteiger charge is 2.91. The maximum Gasteiger partial charge on any atom is 0.338 e. The lowest BCUT2D eigenvalue weighted by Gasteiger charge is -2.69. The number of alkyl halides is 2. The zero-order chi connectivity index (χ0) is 30.7. The van der Waals surface area contributed by atoms with Gasteiger partial charge < -0.3 is 34.3 Å². The highest BCUT2D eigenvalue weighted by molar-refractivity contribution is 6.44. The highest BCUT2D eigenvalue weighted by Crippen LogP contribution is 2.80. The molecule has 6 aliphatic rings. The molecule has 6 fully saturated rings. The normalized spacial score (nSPS) is 49.4. The number of rotatable bonds is 8. The van der Waals surface area contributed by atoms with Gasteiger partial charge in [0.05, 0.1) is 36.5 Å². The molecule has 1 aliphatic heterocycles. The van der Waals surface area contributed by atoms with E-state index in [2.05, 4.69) is 11.8 Å². The first-order valence-electron chi connectivity index (χ1n) is 15.5. The van der Waals surface area contributed by atoms with Gasteiger partial charge in [0.2, 0.25) is 0 Å². The van der Waals surface area contributed by atoms with Crippen LogP contribution in [-0.4, -0.2) is 109 Å². The molecule has 1 spiro atoms. The molecule has 1 heterocycles. The minimum atomic E-state index is -1.75. The zero-order valence-electron chi connectivity index (χ0n) is 25.1. The standard InChI is InChI=1S/C32H43Cl2NO8/c1-5-35-14-29(15-40-2)11-10-21(43-27(37)17-8-6-16(7-9-17)26(33)34)31-19-12-18-20(41-3)13-30(38,22(19)23(18)36)32(39,28(31)35)25(42-4)24(29)31/h6-9,18-26,28,36,38-39H,5,10-15H2,1-4H3/t18?,19-,20+,21+,22-,23+,24-,25+,28+,29+,30-,31+,32?/m1/s1. The van der Waals surface area contributed by atoms with Gasteiger partial charge in [-0.1, -0.05) is 19.1 Å². The van der Waals surface area contributed by atoms with Crippen LogP contribution in [0.2, 0.25) is 0 Å². The maximum atomic E-state index is 13.9. The van der Waals surface area contributed by atoms with Crippen molar-refractivity contribution in [3.05, 3.63) is 35.4 Å². The van der Waals surface area contributed by atoms with Gasteiger partial charge in [-0.15, -0.1) is 23.2 Å². The van der Waals surface area contributed by atoms with E-state index in [-0.39, 0.29) is 24.2 Å². The van der Waals surface area contributed by atoms with Crippen molar-refractivity contribution >= 4 is 29.2 Å². The number of aliphatic hydroxyl groups excluding tert-OH is 1. The number of hydrogen-bond acceptors (Lipinski definition) is 9. The van der Waals surface area contributed by atoms with Crippen LogP contribution in [0.1, 0.15) is 53.4 Å². The fourth-order valence-electron chi connectivity index (χ4n) is 11.8. The quantitative estimate of drug-likeness (QED) is 0.291. The Balaban J connectivity index is 1.42. The van der Waals surface area contributed by atoms with Crippen molar-refractivity contribution in [1.29, 1.82) is 0 Å². The predicted octanol–water partition coefficient (Wildman–Crippen LogP) is 2.96. The van der Waals surface area contributed by atoms with Gasteiger partial charge in [0, 0.05) is 62.9 Å². The summed E-state index contributed by atoms with van der Waals surface area (Å²) in [6.07, 6.45) is -0.572. The van der Waals surface area contributed by atoms with E-state index in [4.69, 9.17) is 42.1 Å². The van der Waals surface area contributed by atoms with Gasteiger partial charge in [-0.2, -0.15) is 0 Å². The second kappa shape index (κ2) is 10.2. The van der Waals surface area contributed by atoms with E-state index in [1.807, 2.05) is 0 Å². The Morgan fingerprint density at radius 2 is 1.86 bits per heavy atom. The Kier molecular flexibility index (Phi) is 7.30. The molecule has 0 radical (unpaired) electrons. The van der Waals surface area contributed by atoms with Crippen LogP contribution < -0.4 is 0 Å². The third kappa shape index (κ3) is 3.58. The first-order valence-corrected chi connectivity index (χ1v) is 16.4. The third-order valence-electron chi connectivity index (χ3n) is 12.9. The Morgan fingerprint density at radius 1 is 1.14 bits per heavy atom. The lowest BCUT2D eigenvalue weighted by atomic mass is 9.42. The zero-order valence-corrected chi connectivity index (χ0v) is 26.6. The van der Waals surface area contributed by atoms with E-state index in [0.717, 1.165) is 0 Å². The number of likely N-dealkylation sites (N-methyl/N-ethyl adjacent to an activating group) is 1. The molecule has 13 atom stereocenters. The summed E-state index contributed by atoms with van der Waals surface area (Å²) >= 11 is 12.0. The van der Waals surface area contributed by atoms with Crippen LogP contribution in [-0.2, 0) is 18.9 Å². The molecule has 0 amide bonds. The highest BCUT2D eigenvalue weighted by atomic mass is 35.5. The van der Waals surface area contributed by atoms with Crippen LogP contribution in [0.15, 0.2) is 24.3 Å². The topological polar surface area (TPSA) is 118 Å². The second-order valence-electron chi connectivity index (χ2n) is 14.0. The summed E-state index contributed by atoms with van der Waals surface area (Å²) in [7, 11) is 4.90. The molecule has 7 bridgehead atoms. The van der Waals surface area contributed by atoms with Crippen molar-refractivity contribution in [2.75, 3.05) is 41.0 Å². The molecule has 5 aliphatic carbocycles. The fraction of sp³-hybridized carbons (Fsp3) is 0.781. The largest absolute Gasteiger partial charge is 0.458 e. The molecular weight excluding hydrogens is 597 g/mol. The number of nitrogens with zero attached hydrogens (tertiary/aromatic N) is 1. The van der Waals surface area contributed by atoms with E-state index in [0.29, 0.717) is 50.1 Å². The second-order valence-corrected chi connectivity index (χ2v) is 15.1. The van der Waals surface area contributed by atoms with Gasteiger partial charge in [-0.25, -0.2) is 4.79 Å². The summed E-state index contributed by atoms with van der Waals surface area (Å²) in [6, 6.07) is 6.21. The van der Waals surface area contributed by atoms with Gasteiger partial charge in [-0.3, -0.25) is 4.90 Å². The average Bonchev–Trinajstić information content (AvgIpc) is 3.36. The molecule has 11 heteroatoms. The number of ether oxygens (including phenoxy) is 4. The number of aliphatic hydroxyl groups is 3. The predicted molar refractivity (Wildman–Crippen MR) is 158 cm³/mol. The van der Waals surface area contributed by atoms with Crippen molar-refractivity contribution in [3.8, 4) is 0 Å². The lowest BCUT2D eigenvalue weighted by Crippen LogP contribution is -2.82. The number of methoxy groups -OCH3 is 3. The average molecular weight is 641 g/mol. The Labute approximate surface area is 262 Å². The Bertz CT molecular complexity index is 1270. The Morgan fingerprint density at radius 3 is 2.47 bits per heavy atom. The minimum absolute atomic E-state index is 0.198. The number of benzene rings is 1. The molecule has 7 rings (SSSR count). The summed E-state index contributed by atoms with van der Waals surface area (Å²) < 4.78 is 24.7. The van der Waals surface area contributed by atoms with Crippen LogP contribution in [0.4, 0.5) is 0 Å². The van der Waals surface area contributed by atoms with Crippen molar-refractivity contribution in [2.24, 2.45) is 34.5 Å². The van der Waals surface area contributed by atoms with Gasteiger partial charge >= 0.3 is 5.97 Å². The summed E-state index contributed by atoms with van der Waals surface area (Å²) in [5, 5.41) is 37.9. The molecule has 1 aromatic carbocycles. The summed E-state index contributed by atoms with van der Waals surface area (Å²) in [5.74, 6) is -1.80. The van der Waals surface area contributed by atoms with Crippen molar-refractivity contribution < 1.29 is 39.1 Å². The molecule has 2 unspecified atom stereocenters. The van der Waals surface area contributed by atoms with Crippen LogP contribution in [0.25, 0.3) is 0 Å². The smallest absolute Gasteiger partial charge is 0.338 e. The van der Waals surface area contributed by atoms with Crippen LogP contribution >= 0.6 is 23.2 Å². The molecule has 1 aromatic rings. The maximum absolute atomic E-state index is 13.9. The number of hydrogen-bond donors (Lipinski definition) is 3. The van der Waals surface area contributed by atoms with Crippen molar-refractivity contribution in [2.45, 2.75) is 79.1 Å². The molecule has 238 valence electrons. The van der Waals surface area contributed by atoms with E-state index >= 15 is 0 Å². The van der Waals surface area contributed by atoms with E-state index in [1.54, 1.807) is 45.6 Å². The van der Waals surface area contributed by atoms with Crippen LogP contribution in [0, 0.1) is 34.5 Å². The number of carbonyl (C=O) groups excluding carboxylic acids is 1. The first-order chi connectivity index (χ1) is 20.5. The van der Waals surface area contributed by atoms with Gasteiger partial charge in [0.1, 0.15) is 22.1 Å². The van der Waals surface area contributed by atoms with E-state index < -0.39 is 69.2 Å². The number of fused-ring (bicyclic) bond motifs is 2. The summed E-state index contributed by atoms with van der Waals surface area (Å²) in [6.45, 7) is 3.80. The summed E-state index contributed by atoms with van der Waals surface area (Å²) in [4.78, 5) is 15.4. The molecule has 1 saturated heterocycles. The molecule has 3 N–H and O–H groups in total. The van der Waals surface area contributed by atoms with Crippen LogP contribution in [0.5, 0.6) is 0 Å². The number of halogens is 2. The van der Waals surface area contributed by atoms with Crippen molar-refractivity contribution in [1.82, 2.24) is 4.90 Å². The molecule has 9 nitrogen and oxygen atoms in total. The lowest BCUT2D eigenvalue weighted by molar-refractivity contribution is -0.317. The fourth-order valence-corrected chi connectivity index (χ4v) is 12.1. The third-order valence-corrected chi connectivity index (χ3v) is 13.4. The van der Waals surface area contributed by atoms with Gasteiger partial charge in [-0.05, 0) is 49.4 Å². The first kappa shape index (κ1) is 30.6. The number of esters is 1. The SMILES string of the molecule is CCN1C[C@]2(COC)CC[C@H](OC(=O)c3ccc(C(Cl)Cl)cc3)[C@]34[C@@H]5CC6[C@@H](OC)C[C@@](O)([C@H]5[C@H]6O)C(O)([C@@H]13)[C@@H](OC)[C@H]24. The minimum Gasteiger partial charge on any atom is -0.458 e. The van der Waals surface area contributed by atoms with Crippen molar-refractivity contribution in [3.63, 3.8) is 0 Å². The molecule has 0 aromatic heterocycles. The number of likely N-dealkylation sites (tertiary alicyclic amines) is 1. The van der Waals surface area contributed by atoms with Gasteiger partial charge in [0.25, 0.3) is 0 Å². The molecular formula is C32H43Cl2NO8. The van der Waals surface area contributed by atoms with E-state index in [9.17, 15) is 20.1 Å². The van der Waals surface area contributed by atoms with Crippen LogP contribution in [0.3, 0.4) is 0 Å². The summed E-state index contributed by atoms with van der Waals surface area (Å²) in [5.41, 5.74) is -3.57. The van der Waals surface area contributed by atoms with Gasteiger partial charge in [0.15, 0.2) is 0 Å². The van der Waals surface area contributed by atoms with E-state index in [1.165, 1.54) is 0 Å².